The van der Waals surface area contributed by atoms with Crippen molar-refractivity contribution in [3.63, 3.8) is 0 Å². The van der Waals surface area contributed by atoms with E-state index in [2.05, 4.69) is 10.1 Å². The van der Waals surface area contributed by atoms with Gasteiger partial charge in [-0.15, -0.1) is 0 Å². The fraction of sp³-hybridized carbons (Fsp3) is 0.0588. The highest BCUT2D eigenvalue weighted by Crippen LogP contribution is 2.20. The van der Waals surface area contributed by atoms with Crippen LogP contribution in [0.1, 0.15) is 17.0 Å². The zero-order valence-corrected chi connectivity index (χ0v) is 11.7. The molecule has 0 saturated heterocycles. The van der Waals surface area contributed by atoms with Gasteiger partial charge in [0.2, 0.25) is 5.82 Å². The number of hydrogen-bond acceptors (Lipinski definition) is 4. The van der Waals surface area contributed by atoms with Crippen molar-refractivity contribution in [2.75, 3.05) is 5.73 Å². The van der Waals surface area contributed by atoms with E-state index in [0.717, 1.165) is 22.4 Å². The average Bonchev–Trinajstić information content (AvgIpc) is 2.96. The van der Waals surface area contributed by atoms with Gasteiger partial charge in [0.05, 0.1) is 0 Å². The first-order valence-corrected chi connectivity index (χ1v) is 6.66. The standard InChI is InChI=1S/C17H15N3O/c1-12-4-2-3-5-15(12)17-19-16(21-20-17)11-8-13-6-9-14(18)10-7-13/h2-11H,18H2,1H3/b11-8+. The van der Waals surface area contributed by atoms with Gasteiger partial charge in [-0.3, -0.25) is 0 Å². The van der Waals surface area contributed by atoms with Crippen molar-refractivity contribution >= 4 is 17.8 Å². The van der Waals surface area contributed by atoms with Gasteiger partial charge in [-0.1, -0.05) is 41.6 Å². The molecule has 3 aromatic rings. The van der Waals surface area contributed by atoms with Gasteiger partial charge in [-0.2, -0.15) is 4.98 Å². The van der Waals surface area contributed by atoms with Crippen LogP contribution in [0, 0.1) is 6.92 Å². The van der Waals surface area contributed by atoms with Crippen LogP contribution in [0.2, 0.25) is 0 Å². The molecule has 0 fully saturated rings. The molecule has 0 aliphatic rings. The molecule has 4 heteroatoms. The predicted molar refractivity (Wildman–Crippen MR) is 84.3 cm³/mol. The number of hydrogen-bond donors (Lipinski definition) is 1. The van der Waals surface area contributed by atoms with E-state index < -0.39 is 0 Å². The highest BCUT2D eigenvalue weighted by atomic mass is 16.5. The summed E-state index contributed by atoms with van der Waals surface area (Å²) in [6.07, 6.45) is 3.70. The normalized spacial score (nSPS) is 11.1. The number of rotatable bonds is 3. The summed E-state index contributed by atoms with van der Waals surface area (Å²) in [5, 5.41) is 4.02. The molecule has 1 aromatic heterocycles. The van der Waals surface area contributed by atoms with Crippen molar-refractivity contribution in [3.8, 4) is 11.4 Å². The van der Waals surface area contributed by atoms with Crippen molar-refractivity contribution in [1.29, 1.82) is 0 Å². The van der Waals surface area contributed by atoms with Crippen molar-refractivity contribution in [2.24, 2.45) is 0 Å². The van der Waals surface area contributed by atoms with Crippen LogP contribution in [0.3, 0.4) is 0 Å². The van der Waals surface area contributed by atoms with E-state index in [1.807, 2.05) is 61.5 Å². The van der Waals surface area contributed by atoms with Crippen LogP contribution < -0.4 is 5.73 Å². The summed E-state index contributed by atoms with van der Waals surface area (Å²) in [4.78, 5) is 4.38. The zero-order chi connectivity index (χ0) is 14.7. The summed E-state index contributed by atoms with van der Waals surface area (Å²) in [5.41, 5.74) is 9.52. The van der Waals surface area contributed by atoms with Gasteiger partial charge in [-0.25, -0.2) is 0 Å². The minimum absolute atomic E-state index is 0.477. The van der Waals surface area contributed by atoms with Crippen LogP contribution in [0.4, 0.5) is 5.69 Å². The van der Waals surface area contributed by atoms with Crippen molar-refractivity contribution in [3.05, 3.63) is 65.5 Å². The summed E-state index contributed by atoms with van der Waals surface area (Å²) >= 11 is 0. The molecule has 0 atom stereocenters. The van der Waals surface area contributed by atoms with E-state index in [1.165, 1.54) is 0 Å². The Morgan fingerprint density at radius 3 is 2.52 bits per heavy atom. The maximum Gasteiger partial charge on any atom is 0.250 e. The SMILES string of the molecule is Cc1ccccc1-c1noc(/C=C/c2ccc(N)cc2)n1. The molecule has 0 spiro atoms. The molecule has 3 rings (SSSR count). The van der Waals surface area contributed by atoms with Crippen LogP contribution in [-0.4, -0.2) is 10.1 Å². The molecular weight excluding hydrogens is 262 g/mol. The van der Waals surface area contributed by atoms with Gasteiger partial charge in [0.25, 0.3) is 5.89 Å². The number of nitrogens with zero attached hydrogens (tertiary/aromatic N) is 2. The lowest BCUT2D eigenvalue weighted by atomic mass is 10.1. The third kappa shape index (κ3) is 3.00. The van der Waals surface area contributed by atoms with E-state index >= 15 is 0 Å². The van der Waals surface area contributed by atoms with Gasteiger partial charge in [-0.05, 0) is 36.3 Å². The molecule has 0 aliphatic heterocycles. The molecule has 21 heavy (non-hydrogen) atoms. The molecule has 0 amide bonds. The molecule has 0 radical (unpaired) electrons. The zero-order valence-electron chi connectivity index (χ0n) is 11.7. The molecule has 4 nitrogen and oxygen atoms in total. The first-order valence-electron chi connectivity index (χ1n) is 6.66. The third-order valence-electron chi connectivity index (χ3n) is 3.18. The highest BCUT2D eigenvalue weighted by Gasteiger charge is 2.08. The topological polar surface area (TPSA) is 64.9 Å². The molecule has 2 aromatic carbocycles. The minimum atomic E-state index is 0.477. The second kappa shape index (κ2) is 5.63. The van der Waals surface area contributed by atoms with Gasteiger partial charge in [0.15, 0.2) is 0 Å². The minimum Gasteiger partial charge on any atom is -0.399 e. The number of aromatic nitrogens is 2. The average molecular weight is 277 g/mol. The van der Waals surface area contributed by atoms with Crippen LogP contribution in [0.5, 0.6) is 0 Å². The Morgan fingerprint density at radius 2 is 1.76 bits per heavy atom. The first-order chi connectivity index (χ1) is 10.2. The summed E-state index contributed by atoms with van der Waals surface area (Å²) in [5.74, 6) is 1.08. The van der Waals surface area contributed by atoms with E-state index in [9.17, 15) is 0 Å². The Morgan fingerprint density at radius 1 is 1.00 bits per heavy atom. The van der Waals surface area contributed by atoms with Crippen LogP contribution in [-0.2, 0) is 0 Å². The highest BCUT2D eigenvalue weighted by molar-refractivity contribution is 5.68. The van der Waals surface area contributed by atoms with E-state index in [4.69, 9.17) is 10.3 Å². The maximum absolute atomic E-state index is 5.65. The second-order valence-electron chi connectivity index (χ2n) is 4.77. The van der Waals surface area contributed by atoms with Gasteiger partial charge in [0.1, 0.15) is 0 Å². The molecule has 104 valence electrons. The van der Waals surface area contributed by atoms with Gasteiger partial charge < -0.3 is 10.3 Å². The number of anilines is 1. The van der Waals surface area contributed by atoms with Crippen molar-refractivity contribution in [1.82, 2.24) is 10.1 Å². The smallest absolute Gasteiger partial charge is 0.250 e. The summed E-state index contributed by atoms with van der Waals surface area (Å²) in [6, 6.07) is 15.5. The lowest BCUT2D eigenvalue weighted by molar-refractivity contribution is 0.411. The number of aryl methyl sites for hydroxylation is 1. The molecule has 0 saturated carbocycles. The molecule has 0 aliphatic carbocycles. The van der Waals surface area contributed by atoms with Crippen molar-refractivity contribution in [2.45, 2.75) is 6.92 Å². The number of benzene rings is 2. The van der Waals surface area contributed by atoms with E-state index in [1.54, 1.807) is 6.08 Å². The third-order valence-corrected chi connectivity index (χ3v) is 3.18. The van der Waals surface area contributed by atoms with E-state index in [-0.39, 0.29) is 0 Å². The van der Waals surface area contributed by atoms with Gasteiger partial charge >= 0.3 is 0 Å². The Balaban J connectivity index is 1.82. The summed E-state index contributed by atoms with van der Waals surface area (Å²) in [7, 11) is 0. The molecule has 2 N–H and O–H groups in total. The molecule has 0 bridgehead atoms. The predicted octanol–water partition coefficient (Wildman–Crippen LogP) is 3.80. The maximum atomic E-state index is 5.65. The fourth-order valence-electron chi connectivity index (χ4n) is 2.01. The Hall–Kier alpha value is -2.88. The van der Waals surface area contributed by atoms with Crippen LogP contribution in [0.25, 0.3) is 23.5 Å². The quantitative estimate of drug-likeness (QED) is 0.739. The Kier molecular flexibility index (Phi) is 3.51. The monoisotopic (exact) mass is 277 g/mol. The largest absolute Gasteiger partial charge is 0.399 e. The van der Waals surface area contributed by atoms with Gasteiger partial charge in [0, 0.05) is 17.3 Å². The van der Waals surface area contributed by atoms with E-state index in [0.29, 0.717) is 11.7 Å². The molecule has 0 unspecified atom stereocenters. The van der Waals surface area contributed by atoms with Crippen LogP contribution >= 0.6 is 0 Å². The second-order valence-corrected chi connectivity index (χ2v) is 4.77. The molecule has 1 heterocycles. The Bertz CT molecular complexity index is 773. The summed E-state index contributed by atoms with van der Waals surface area (Å²) < 4.78 is 5.25. The number of nitrogen functional groups attached to an aromatic ring is 1. The lowest BCUT2D eigenvalue weighted by Crippen LogP contribution is -1.84. The van der Waals surface area contributed by atoms with Crippen molar-refractivity contribution < 1.29 is 4.52 Å². The van der Waals surface area contributed by atoms with Crippen LogP contribution in [0.15, 0.2) is 53.1 Å². The summed E-state index contributed by atoms with van der Waals surface area (Å²) in [6.45, 7) is 2.02. The Labute approximate surface area is 122 Å². The molecular formula is C17H15N3O. The lowest BCUT2D eigenvalue weighted by Gasteiger charge is -1.97. The number of nitrogens with two attached hydrogens (primary N) is 1. The first kappa shape index (κ1) is 13.1. The fourth-order valence-corrected chi connectivity index (χ4v) is 2.01.